The SMILES string of the molecule is CCOc1ccc(CCC2CCN(C(=O)c3sc4ncn(C)c(=O)c4c3C)CC2)cc1. The van der Waals surface area contributed by atoms with Gasteiger partial charge in [0.25, 0.3) is 11.5 Å². The number of piperidine rings is 1. The van der Waals surface area contributed by atoms with Gasteiger partial charge in [-0.1, -0.05) is 12.1 Å². The molecular formula is C24H29N3O3S. The molecule has 0 bridgehead atoms. The Balaban J connectivity index is 1.35. The average Bonchev–Trinajstić information content (AvgIpc) is 3.13. The number of amides is 1. The summed E-state index contributed by atoms with van der Waals surface area (Å²) < 4.78 is 6.97. The van der Waals surface area contributed by atoms with E-state index in [4.69, 9.17) is 4.74 Å². The topological polar surface area (TPSA) is 64.4 Å². The number of rotatable bonds is 6. The molecule has 2 aromatic heterocycles. The molecule has 6 nitrogen and oxygen atoms in total. The lowest BCUT2D eigenvalue weighted by atomic mass is 9.90. The van der Waals surface area contributed by atoms with Crippen LogP contribution < -0.4 is 10.3 Å². The van der Waals surface area contributed by atoms with Crippen molar-refractivity contribution in [3.05, 3.63) is 57.0 Å². The van der Waals surface area contributed by atoms with E-state index < -0.39 is 0 Å². The molecule has 0 radical (unpaired) electrons. The molecule has 1 aliphatic rings. The van der Waals surface area contributed by atoms with Crippen molar-refractivity contribution in [3.8, 4) is 5.75 Å². The van der Waals surface area contributed by atoms with Gasteiger partial charge >= 0.3 is 0 Å². The number of aromatic nitrogens is 2. The van der Waals surface area contributed by atoms with Crippen LogP contribution in [0, 0.1) is 12.8 Å². The maximum absolute atomic E-state index is 13.1. The Bertz CT molecular complexity index is 1130. The molecule has 3 heterocycles. The summed E-state index contributed by atoms with van der Waals surface area (Å²) >= 11 is 1.34. The molecule has 0 atom stereocenters. The number of ether oxygens (including phenoxy) is 1. The van der Waals surface area contributed by atoms with E-state index in [1.165, 1.54) is 27.8 Å². The Morgan fingerprint density at radius 1 is 1.23 bits per heavy atom. The van der Waals surface area contributed by atoms with Crippen molar-refractivity contribution >= 4 is 27.5 Å². The van der Waals surface area contributed by atoms with Crippen LogP contribution in [-0.2, 0) is 13.5 Å². The Kier molecular flexibility index (Phi) is 6.41. The minimum atomic E-state index is -0.0919. The molecule has 0 aliphatic carbocycles. The highest BCUT2D eigenvalue weighted by Gasteiger charge is 2.27. The highest BCUT2D eigenvalue weighted by Crippen LogP contribution is 2.30. The predicted molar refractivity (Wildman–Crippen MR) is 124 cm³/mol. The molecule has 3 aromatic rings. The van der Waals surface area contributed by atoms with E-state index in [0.717, 1.165) is 50.1 Å². The summed E-state index contributed by atoms with van der Waals surface area (Å²) in [6, 6.07) is 8.36. The highest BCUT2D eigenvalue weighted by molar-refractivity contribution is 7.20. The number of nitrogens with zero attached hydrogens (tertiary/aromatic N) is 3. The molecule has 164 valence electrons. The van der Waals surface area contributed by atoms with Crippen LogP contribution in [0.3, 0.4) is 0 Å². The lowest BCUT2D eigenvalue weighted by molar-refractivity contribution is 0.0691. The van der Waals surface area contributed by atoms with Gasteiger partial charge < -0.3 is 14.2 Å². The molecule has 0 saturated carbocycles. The van der Waals surface area contributed by atoms with Crippen LogP contribution in [0.4, 0.5) is 0 Å². The van der Waals surface area contributed by atoms with E-state index in [-0.39, 0.29) is 11.5 Å². The van der Waals surface area contributed by atoms with Crippen LogP contribution in [0.1, 0.15) is 47.0 Å². The fraction of sp³-hybridized carbons (Fsp3) is 0.458. The first-order valence-corrected chi connectivity index (χ1v) is 11.7. The number of aryl methyl sites for hydroxylation is 3. The first-order valence-electron chi connectivity index (χ1n) is 10.9. The Hall–Kier alpha value is -2.67. The first kappa shape index (κ1) is 21.6. The van der Waals surface area contributed by atoms with Gasteiger partial charge in [0.15, 0.2) is 0 Å². The summed E-state index contributed by atoms with van der Waals surface area (Å²) in [4.78, 5) is 33.2. The van der Waals surface area contributed by atoms with E-state index in [1.54, 1.807) is 7.05 Å². The fourth-order valence-electron chi connectivity index (χ4n) is 4.27. The highest BCUT2D eigenvalue weighted by atomic mass is 32.1. The van der Waals surface area contributed by atoms with Crippen LogP contribution in [0.2, 0.25) is 0 Å². The maximum atomic E-state index is 13.1. The minimum absolute atomic E-state index is 0.0347. The van der Waals surface area contributed by atoms with Crippen molar-refractivity contribution in [1.29, 1.82) is 0 Å². The molecule has 1 amide bonds. The van der Waals surface area contributed by atoms with Crippen molar-refractivity contribution in [3.63, 3.8) is 0 Å². The van der Waals surface area contributed by atoms with Gasteiger partial charge in [-0.3, -0.25) is 9.59 Å². The number of hydrogen-bond donors (Lipinski definition) is 0. The number of hydrogen-bond acceptors (Lipinski definition) is 5. The molecule has 31 heavy (non-hydrogen) atoms. The smallest absolute Gasteiger partial charge is 0.264 e. The molecule has 0 N–H and O–H groups in total. The zero-order valence-corrected chi connectivity index (χ0v) is 19.2. The molecular weight excluding hydrogens is 410 g/mol. The van der Waals surface area contributed by atoms with Crippen molar-refractivity contribution in [2.45, 2.75) is 39.5 Å². The van der Waals surface area contributed by atoms with Crippen molar-refractivity contribution < 1.29 is 9.53 Å². The van der Waals surface area contributed by atoms with Gasteiger partial charge in [-0.05, 0) is 68.7 Å². The van der Waals surface area contributed by atoms with Crippen LogP contribution in [-0.4, -0.2) is 40.1 Å². The summed E-state index contributed by atoms with van der Waals surface area (Å²) in [6.07, 6.45) is 5.75. The summed E-state index contributed by atoms with van der Waals surface area (Å²) in [5.41, 5.74) is 2.00. The lowest BCUT2D eigenvalue weighted by Gasteiger charge is -2.32. The van der Waals surface area contributed by atoms with Gasteiger partial charge in [0, 0.05) is 20.1 Å². The normalized spacial score (nSPS) is 14.9. The quantitative estimate of drug-likeness (QED) is 0.578. The van der Waals surface area contributed by atoms with E-state index in [9.17, 15) is 9.59 Å². The van der Waals surface area contributed by atoms with Gasteiger partial charge in [-0.15, -0.1) is 11.3 Å². The summed E-state index contributed by atoms with van der Waals surface area (Å²) in [6.45, 7) is 6.08. The minimum Gasteiger partial charge on any atom is -0.494 e. The molecule has 4 rings (SSSR count). The molecule has 7 heteroatoms. The molecule has 0 spiro atoms. The zero-order valence-electron chi connectivity index (χ0n) is 18.4. The monoisotopic (exact) mass is 439 g/mol. The van der Waals surface area contributed by atoms with E-state index >= 15 is 0 Å². The van der Waals surface area contributed by atoms with Crippen LogP contribution >= 0.6 is 11.3 Å². The summed E-state index contributed by atoms with van der Waals surface area (Å²) in [5.74, 6) is 1.59. The molecule has 0 unspecified atom stereocenters. The molecule has 1 aliphatic heterocycles. The van der Waals surface area contributed by atoms with Crippen LogP contribution in [0.15, 0.2) is 35.4 Å². The second kappa shape index (κ2) is 9.22. The maximum Gasteiger partial charge on any atom is 0.264 e. The number of likely N-dealkylation sites (tertiary alicyclic amines) is 1. The van der Waals surface area contributed by atoms with Crippen molar-refractivity contribution in [2.75, 3.05) is 19.7 Å². The second-order valence-corrected chi connectivity index (χ2v) is 9.25. The lowest BCUT2D eigenvalue weighted by Crippen LogP contribution is -2.38. The molecule has 1 saturated heterocycles. The number of benzene rings is 1. The van der Waals surface area contributed by atoms with Crippen molar-refractivity contribution in [1.82, 2.24) is 14.5 Å². The Labute approximate surface area is 186 Å². The van der Waals surface area contributed by atoms with E-state index in [0.29, 0.717) is 27.6 Å². The average molecular weight is 440 g/mol. The standard InChI is InChI=1S/C24H29N3O3S/c1-4-30-19-9-7-17(8-10-19)5-6-18-11-13-27(14-12-18)24(29)21-16(2)20-22(31-21)25-15-26(3)23(20)28/h7-10,15,18H,4-6,11-14H2,1-3H3. The van der Waals surface area contributed by atoms with E-state index in [2.05, 4.69) is 17.1 Å². The van der Waals surface area contributed by atoms with Gasteiger partial charge in [-0.25, -0.2) is 4.98 Å². The number of carbonyl (C=O) groups excluding carboxylic acids is 1. The first-order chi connectivity index (χ1) is 15.0. The Morgan fingerprint density at radius 2 is 1.94 bits per heavy atom. The van der Waals surface area contributed by atoms with Crippen LogP contribution in [0.5, 0.6) is 5.75 Å². The molecule has 1 aromatic carbocycles. The van der Waals surface area contributed by atoms with Gasteiger partial charge in [0.1, 0.15) is 10.6 Å². The van der Waals surface area contributed by atoms with E-state index in [1.807, 2.05) is 30.9 Å². The largest absolute Gasteiger partial charge is 0.494 e. The third kappa shape index (κ3) is 4.51. The van der Waals surface area contributed by atoms with Crippen molar-refractivity contribution in [2.24, 2.45) is 13.0 Å². The number of thiophene rings is 1. The van der Waals surface area contributed by atoms with Gasteiger partial charge in [-0.2, -0.15) is 0 Å². The van der Waals surface area contributed by atoms with Crippen LogP contribution in [0.25, 0.3) is 10.2 Å². The fourth-order valence-corrected chi connectivity index (χ4v) is 5.38. The third-order valence-corrected chi connectivity index (χ3v) is 7.37. The predicted octanol–water partition coefficient (Wildman–Crippen LogP) is 4.19. The second-order valence-electron chi connectivity index (χ2n) is 8.25. The molecule has 1 fully saturated rings. The number of carbonyl (C=O) groups is 1. The third-order valence-electron chi connectivity index (χ3n) is 6.18. The van der Waals surface area contributed by atoms with Gasteiger partial charge in [0.05, 0.1) is 23.2 Å². The Morgan fingerprint density at radius 3 is 2.61 bits per heavy atom. The summed E-state index contributed by atoms with van der Waals surface area (Å²) in [5, 5.41) is 0.573. The number of fused-ring (bicyclic) bond motifs is 1. The zero-order chi connectivity index (χ0) is 22.0. The summed E-state index contributed by atoms with van der Waals surface area (Å²) in [7, 11) is 1.69. The van der Waals surface area contributed by atoms with Gasteiger partial charge in [0.2, 0.25) is 0 Å².